The summed E-state index contributed by atoms with van der Waals surface area (Å²) in [6, 6.07) is 51.4. The first-order valence-electron chi connectivity index (χ1n) is 15.3. The van der Waals surface area contributed by atoms with Crippen molar-refractivity contribution in [2.75, 3.05) is 0 Å². The van der Waals surface area contributed by atoms with Gasteiger partial charge in [-0.3, -0.25) is 0 Å². The quantitative estimate of drug-likeness (QED) is 0.160. The monoisotopic (exact) mass is 586 g/mol. The molecule has 0 amide bonds. The molecule has 216 valence electrons. The Bertz CT molecular complexity index is 1640. The predicted molar refractivity (Wildman–Crippen MR) is 190 cm³/mol. The number of hydrogen-bond acceptors (Lipinski definition) is 1. The molecule has 4 heteroatoms. The van der Waals surface area contributed by atoms with Crippen LogP contribution in [0.4, 0.5) is 0 Å². The summed E-state index contributed by atoms with van der Waals surface area (Å²) in [5.74, 6) is 2.32. The molecule has 0 aliphatic heterocycles. The molecule has 0 saturated heterocycles. The smallest absolute Gasteiger partial charge is 0.103 e. The van der Waals surface area contributed by atoms with Gasteiger partial charge in [-0.2, -0.15) is 0 Å². The summed E-state index contributed by atoms with van der Waals surface area (Å²) in [5.41, 5.74) is 7.44. The van der Waals surface area contributed by atoms with Crippen LogP contribution in [0.3, 0.4) is 0 Å². The molecule has 0 saturated carbocycles. The fraction of sp³-hybridized carbons (Fsp3) is 0.125. The Morgan fingerprint density at radius 3 is 1.70 bits per heavy atom. The molecule has 5 aromatic carbocycles. The van der Waals surface area contributed by atoms with Gasteiger partial charge in [-0.1, -0.05) is 165 Å². The molecule has 6 rings (SSSR count). The van der Waals surface area contributed by atoms with Gasteiger partial charge in [-0.15, -0.1) is 5.98 Å². The van der Waals surface area contributed by atoms with Crippen molar-refractivity contribution < 1.29 is 0 Å². The van der Waals surface area contributed by atoms with E-state index >= 15 is 0 Å². The van der Waals surface area contributed by atoms with Crippen LogP contribution in [0.15, 0.2) is 170 Å². The van der Waals surface area contributed by atoms with Gasteiger partial charge >= 0.3 is 0 Å². The highest BCUT2D eigenvalue weighted by molar-refractivity contribution is 6.57. The topological polar surface area (TPSA) is 17.8 Å². The molecule has 0 aliphatic rings. The number of aromatic nitrogens is 2. The minimum atomic E-state index is -0.802. The van der Waals surface area contributed by atoms with Gasteiger partial charge in [0.15, 0.2) is 0 Å². The zero-order valence-electron chi connectivity index (χ0n) is 25.6. The standard InChI is InChI=1S/C26H28N2Si.C14H11B/c1-21(2)18-22-10-9-15-25(19-22)29-26(28-17-16-27-20-28,23-11-5-3-6-12-23)24-13-7-4-8-14-24;15-11-14(12-7-3-1-4-8-12)13-9-5-2-6-10-13/h3-17,19-21H,18,29H2,1-2H3;1-11H. The van der Waals surface area contributed by atoms with Gasteiger partial charge in [-0.05, 0) is 45.7 Å². The van der Waals surface area contributed by atoms with Crippen molar-refractivity contribution in [3.05, 3.63) is 198 Å². The van der Waals surface area contributed by atoms with Crippen LogP contribution in [0.25, 0.3) is 5.57 Å². The third-order valence-corrected chi connectivity index (χ3v) is 10.4. The minimum absolute atomic E-state index is 0.213. The maximum atomic E-state index is 5.67. The average molecular weight is 587 g/mol. The lowest BCUT2D eigenvalue weighted by Crippen LogP contribution is -2.46. The Morgan fingerprint density at radius 2 is 1.25 bits per heavy atom. The summed E-state index contributed by atoms with van der Waals surface area (Å²) in [7, 11) is 4.87. The molecule has 0 unspecified atom stereocenters. The highest BCUT2D eigenvalue weighted by Crippen LogP contribution is 2.33. The van der Waals surface area contributed by atoms with Crippen LogP contribution >= 0.6 is 0 Å². The average Bonchev–Trinajstić information content (AvgIpc) is 3.62. The van der Waals surface area contributed by atoms with Gasteiger partial charge in [0.25, 0.3) is 0 Å². The Labute approximate surface area is 266 Å². The van der Waals surface area contributed by atoms with Crippen molar-refractivity contribution in [2.24, 2.45) is 5.92 Å². The van der Waals surface area contributed by atoms with Crippen molar-refractivity contribution in [1.29, 1.82) is 0 Å². The molecule has 0 N–H and O–H groups in total. The summed E-state index contributed by atoms with van der Waals surface area (Å²) >= 11 is 0. The fourth-order valence-electron chi connectivity index (χ4n) is 5.90. The van der Waals surface area contributed by atoms with E-state index in [1.807, 2.05) is 48.9 Å². The van der Waals surface area contributed by atoms with Crippen LogP contribution < -0.4 is 5.19 Å². The predicted octanol–water partition coefficient (Wildman–Crippen LogP) is 7.57. The molecule has 0 spiro atoms. The second-order valence-electron chi connectivity index (χ2n) is 11.5. The van der Waals surface area contributed by atoms with Gasteiger partial charge in [-0.25, -0.2) is 4.98 Å². The largest absolute Gasteiger partial charge is 0.326 e. The molecule has 44 heavy (non-hydrogen) atoms. The Morgan fingerprint density at radius 1 is 0.727 bits per heavy atom. The van der Waals surface area contributed by atoms with Gasteiger partial charge in [0.1, 0.15) is 7.85 Å². The molecule has 6 aromatic rings. The Balaban J connectivity index is 0.000000215. The van der Waals surface area contributed by atoms with E-state index in [0.29, 0.717) is 5.92 Å². The lowest BCUT2D eigenvalue weighted by molar-refractivity contribution is 0.596. The van der Waals surface area contributed by atoms with Gasteiger partial charge in [0.2, 0.25) is 0 Å². The number of benzene rings is 5. The van der Waals surface area contributed by atoms with E-state index in [9.17, 15) is 0 Å². The number of nitrogens with zero attached hydrogens (tertiary/aromatic N) is 2. The molecular formula is C40H39BN2Si. The van der Waals surface area contributed by atoms with Gasteiger partial charge in [0.05, 0.1) is 21.0 Å². The SMILES string of the molecule is CC(C)Cc1cccc([SiH2]C(c2ccccc2)(c2ccccc2)n2ccnc2)c1.[B]C=C(c1ccccc1)c1ccccc1. The summed E-state index contributed by atoms with van der Waals surface area (Å²) in [6.07, 6.45) is 7.11. The lowest BCUT2D eigenvalue weighted by atomic mass is 9.92. The molecule has 0 atom stereocenters. The maximum Gasteiger partial charge on any atom is 0.103 e. The molecule has 0 fully saturated rings. The summed E-state index contributed by atoms with van der Waals surface area (Å²) in [4.78, 5) is 4.42. The third-order valence-electron chi connectivity index (χ3n) is 7.88. The van der Waals surface area contributed by atoms with Crippen molar-refractivity contribution in [1.82, 2.24) is 9.55 Å². The summed E-state index contributed by atoms with van der Waals surface area (Å²) < 4.78 is 2.32. The second-order valence-corrected chi connectivity index (χ2v) is 13.7. The van der Waals surface area contributed by atoms with Crippen molar-refractivity contribution >= 4 is 28.1 Å². The van der Waals surface area contributed by atoms with E-state index in [2.05, 4.69) is 139 Å². The molecule has 1 heterocycles. The van der Waals surface area contributed by atoms with E-state index in [-0.39, 0.29) is 5.16 Å². The van der Waals surface area contributed by atoms with Crippen molar-refractivity contribution in [2.45, 2.75) is 25.4 Å². The van der Waals surface area contributed by atoms with Crippen LogP contribution in [0.1, 0.15) is 41.7 Å². The van der Waals surface area contributed by atoms with Crippen LogP contribution in [0.5, 0.6) is 0 Å². The number of hydrogen-bond donors (Lipinski definition) is 0. The molecule has 0 bridgehead atoms. The van der Waals surface area contributed by atoms with E-state index in [0.717, 1.165) is 23.1 Å². The van der Waals surface area contributed by atoms with Gasteiger partial charge in [0, 0.05) is 12.4 Å². The zero-order chi connectivity index (χ0) is 30.6. The summed E-state index contributed by atoms with van der Waals surface area (Å²) in [6.45, 7) is 4.57. The third kappa shape index (κ3) is 7.45. The van der Waals surface area contributed by atoms with E-state index in [1.165, 1.54) is 21.9 Å². The number of rotatable bonds is 9. The highest BCUT2D eigenvalue weighted by atomic mass is 28.2. The van der Waals surface area contributed by atoms with Crippen molar-refractivity contribution in [3.63, 3.8) is 0 Å². The van der Waals surface area contributed by atoms with Crippen LogP contribution in [0.2, 0.25) is 0 Å². The Kier molecular flexibility index (Phi) is 10.6. The fourth-order valence-corrected chi connectivity index (χ4v) is 8.36. The van der Waals surface area contributed by atoms with Crippen LogP contribution in [-0.2, 0) is 11.6 Å². The van der Waals surface area contributed by atoms with Crippen LogP contribution in [-0.4, -0.2) is 26.9 Å². The number of imidazole rings is 1. The molecular weight excluding hydrogens is 547 g/mol. The van der Waals surface area contributed by atoms with Crippen LogP contribution in [0, 0.1) is 5.92 Å². The zero-order valence-corrected chi connectivity index (χ0v) is 27.0. The lowest BCUT2D eigenvalue weighted by Gasteiger charge is -2.37. The minimum Gasteiger partial charge on any atom is -0.326 e. The summed E-state index contributed by atoms with van der Waals surface area (Å²) in [5, 5.41) is 1.26. The molecule has 2 nitrogen and oxygen atoms in total. The van der Waals surface area contributed by atoms with E-state index in [1.54, 1.807) is 5.98 Å². The maximum absolute atomic E-state index is 5.67. The normalized spacial score (nSPS) is 11.2. The second kappa shape index (κ2) is 15.2. The van der Waals surface area contributed by atoms with Gasteiger partial charge < -0.3 is 4.57 Å². The molecule has 2 radical (unpaired) electrons. The van der Waals surface area contributed by atoms with Crippen molar-refractivity contribution in [3.8, 4) is 0 Å². The molecule has 1 aromatic heterocycles. The molecule has 0 aliphatic carbocycles. The van der Waals surface area contributed by atoms with E-state index in [4.69, 9.17) is 7.85 Å². The highest BCUT2D eigenvalue weighted by Gasteiger charge is 2.36. The van der Waals surface area contributed by atoms with E-state index < -0.39 is 9.52 Å². The Hall–Kier alpha value is -4.67. The first-order chi connectivity index (χ1) is 21.6. The first kappa shape index (κ1) is 30.8. The first-order valence-corrected chi connectivity index (χ1v) is 16.7.